The number of carboxylic acid groups (broad SMARTS) is 1. The maximum atomic E-state index is 13.2. The van der Waals surface area contributed by atoms with Crippen molar-refractivity contribution in [3.05, 3.63) is 107 Å². The minimum absolute atomic E-state index is 0.0785. The van der Waals surface area contributed by atoms with E-state index in [2.05, 4.69) is 10.4 Å². The summed E-state index contributed by atoms with van der Waals surface area (Å²) in [4.78, 5) is 36.2. The first-order chi connectivity index (χ1) is 21.5. The molecule has 3 aromatic carbocycles. The Morgan fingerprint density at radius 2 is 1.60 bits per heavy atom. The van der Waals surface area contributed by atoms with Crippen molar-refractivity contribution in [3.8, 4) is 11.1 Å². The van der Waals surface area contributed by atoms with E-state index >= 15 is 0 Å². The van der Waals surface area contributed by atoms with Crippen molar-refractivity contribution in [1.82, 2.24) is 19.8 Å². The number of benzene rings is 3. The fraction of sp³-hybridized carbons (Fsp3) is 0.250. The number of nitrogens with one attached hydrogen (secondary N) is 2. The van der Waals surface area contributed by atoms with Gasteiger partial charge in [-0.05, 0) is 41.7 Å². The van der Waals surface area contributed by atoms with Gasteiger partial charge in [0.05, 0.1) is 17.5 Å². The smallest absolute Gasteiger partial charge is 0.334 e. The fourth-order valence-corrected chi connectivity index (χ4v) is 6.03. The number of carboxylic acids is 1. The number of aliphatic hydroxyl groups excluding tert-OH is 2. The average molecular weight is 635 g/mol. The summed E-state index contributed by atoms with van der Waals surface area (Å²) in [5.74, 6) is -3.11. The molecule has 4 rings (SSSR count). The lowest BCUT2D eigenvalue weighted by Gasteiger charge is -2.21. The first kappa shape index (κ1) is 33.1. The highest BCUT2D eigenvalue weighted by Gasteiger charge is 2.29. The summed E-state index contributed by atoms with van der Waals surface area (Å²) in [6.07, 6.45) is -0.324. The molecule has 0 aliphatic heterocycles. The van der Waals surface area contributed by atoms with Crippen molar-refractivity contribution in [2.24, 2.45) is 0 Å². The van der Waals surface area contributed by atoms with Crippen LogP contribution in [0.2, 0.25) is 0 Å². The molecular formula is C32H34N4O8S. The number of nitrogens with zero attached hydrogens (tertiary/aromatic N) is 2. The second-order valence-electron chi connectivity index (χ2n) is 10.4. The van der Waals surface area contributed by atoms with Crippen LogP contribution in [0.4, 0.5) is 0 Å². The molecule has 0 bridgehead atoms. The van der Waals surface area contributed by atoms with Gasteiger partial charge in [0.2, 0.25) is 0 Å². The molecule has 236 valence electrons. The van der Waals surface area contributed by atoms with E-state index in [4.69, 9.17) is 5.11 Å². The van der Waals surface area contributed by atoms with Crippen molar-refractivity contribution < 1.29 is 38.1 Å². The molecule has 12 nitrogen and oxygen atoms in total. The predicted molar refractivity (Wildman–Crippen MR) is 165 cm³/mol. The molecule has 0 unspecified atom stereocenters. The number of aliphatic carboxylic acids is 1. The second-order valence-corrected chi connectivity index (χ2v) is 12.0. The lowest BCUT2D eigenvalue weighted by atomic mass is 10.0. The predicted octanol–water partition coefficient (Wildman–Crippen LogP) is 2.13. The number of aryl methyl sites for hydroxylation is 1. The zero-order valence-electron chi connectivity index (χ0n) is 24.5. The van der Waals surface area contributed by atoms with Gasteiger partial charge < -0.3 is 20.6 Å². The van der Waals surface area contributed by atoms with Crippen molar-refractivity contribution in [3.63, 3.8) is 0 Å². The van der Waals surface area contributed by atoms with Crippen LogP contribution in [-0.4, -0.2) is 70.1 Å². The monoisotopic (exact) mass is 634 g/mol. The third kappa shape index (κ3) is 8.41. The third-order valence-corrected chi connectivity index (χ3v) is 8.45. The Hall–Kier alpha value is -4.85. The molecule has 1 heterocycles. The number of hydrogen-bond donors (Lipinski definition) is 5. The number of hydrogen-bond acceptors (Lipinski definition) is 8. The molecule has 13 heteroatoms. The summed E-state index contributed by atoms with van der Waals surface area (Å²) in [6.45, 7) is 1.31. The largest absolute Gasteiger partial charge is 0.479 e. The quantitative estimate of drug-likeness (QED) is 0.138. The molecule has 0 fully saturated rings. The maximum Gasteiger partial charge on any atom is 0.334 e. The number of aromatic nitrogens is 2. The van der Waals surface area contributed by atoms with Gasteiger partial charge in [0.1, 0.15) is 12.3 Å². The highest BCUT2D eigenvalue weighted by atomic mass is 32.2. The average Bonchev–Trinajstić information content (AvgIpc) is 3.43. The highest BCUT2D eigenvalue weighted by molar-refractivity contribution is 7.90. The topological polar surface area (TPSA) is 188 Å². The molecule has 2 atom stereocenters. The normalized spacial score (nSPS) is 12.7. The van der Waals surface area contributed by atoms with E-state index in [0.29, 0.717) is 24.1 Å². The molecule has 0 radical (unpaired) electrons. The van der Waals surface area contributed by atoms with Crippen LogP contribution in [0.1, 0.15) is 40.7 Å². The van der Waals surface area contributed by atoms with Crippen LogP contribution in [0.25, 0.3) is 11.1 Å². The van der Waals surface area contributed by atoms with Crippen LogP contribution in [0.15, 0.2) is 89.8 Å². The van der Waals surface area contributed by atoms with Gasteiger partial charge in [-0.15, -0.1) is 0 Å². The van der Waals surface area contributed by atoms with Gasteiger partial charge in [-0.3, -0.25) is 14.3 Å². The van der Waals surface area contributed by atoms with Crippen molar-refractivity contribution >= 4 is 27.8 Å². The Morgan fingerprint density at radius 3 is 2.24 bits per heavy atom. The number of carbonyl (C=O) groups excluding carboxylic acids is 2. The van der Waals surface area contributed by atoms with Gasteiger partial charge in [0, 0.05) is 11.3 Å². The van der Waals surface area contributed by atoms with Gasteiger partial charge in [0.25, 0.3) is 21.8 Å². The number of sulfonamides is 1. The van der Waals surface area contributed by atoms with Crippen molar-refractivity contribution in [1.29, 1.82) is 0 Å². The Morgan fingerprint density at radius 1 is 0.933 bits per heavy atom. The molecule has 0 saturated carbocycles. The van der Waals surface area contributed by atoms with Crippen LogP contribution in [-0.2, 0) is 39.0 Å². The molecule has 0 saturated heterocycles. The Bertz CT molecular complexity index is 1760. The minimum atomic E-state index is -4.22. The molecule has 1 aromatic heterocycles. The standard InChI is InChI=1S/C32H34N4O8S/c1-2-8-24-18-27(31(40)33-26(30(39)32(41)42)17-21-9-4-3-5-10-21)34-36(24)19-22-13-15-23(16-14-22)25-11-6-7-12-28(25)45(43,44)35-29(38)20-37/h3-7,9-16,18,26,30,37,39H,2,8,17,19-20H2,1H3,(H,33,40)(H,35,38)(H,41,42)/t26-,30-/m1/s1. The SMILES string of the molecule is CCCc1cc(C(=O)N[C@H](Cc2ccccc2)[C@@H](O)C(=O)O)nn1Cc1ccc(-c2ccccc2S(=O)(=O)NC(=O)CO)cc1. The maximum absolute atomic E-state index is 13.2. The molecule has 4 aromatic rings. The molecule has 0 spiro atoms. The fourth-order valence-electron chi connectivity index (χ4n) is 4.82. The minimum Gasteiger partial charge on any atom is -0.479 e. The number of aliphatic hydroxyl groups is 2. The molecule has 45 heavy (non-hydrogen) atoms. The van der Waals surface area contributed by atoms with E-state index in [0.717, 1.165) is 23.2 Å². The van der Waals surface area contributed by atoms with Crippen molar-refractivity contribution in [2.45, 2.75) is 49.8 Å². The summed E-state index contributed by atoms with van der Waals surface area (Å²) in [5, 5.41) is 35.8. The summed E-state index contributed by atoms with van der Waals surface area (Å²) < 4.78 is 29.0. The van der Waals surface area contributed by atoms with E-state index in [1.165, 1.54) is 12.1 Å². The van der Waals surface area contributed by atoms with Gasteiger partial charge >= 0.3 is 5.97 Å². The zero-order valence-corrected chi connectivity index (χ0v) is 25.3. The second kappa shape index (κ2) is 14.8. The van der Waals surface area contributed by atoms with E-state index in [9.17, 15) is 33.0 Å². The third-order valence-electron chi connectivity index (χ3n) is 7.02. The van der Waals surface area contributed by atoms with E-state index < -0.39 is 46.6 Å². The summed E-state index contributed by atoms with van der Waals surface area (Å²) in [7, 11) is -4.22. The Labute approximate surface area is 260 Å². The van der Waals surface area contributed by atoms with Crippen LogP contribution in [0.5, 0.6) is 0 Å². The van der Waals surface area contributed by atoms with Crippen LogP contribution in [0.3, 0.4) is 0 Å². The van der Waals surface area contributed by atoms with Gasteiger partial charge in [-0.2, -0.15) is 5.10 Å². The first-order valence-electron chi connectivity index (χ1n) is 14.2. The Balaban J connectivity index is 1.55. The number of amides is 2. The van der Waals surface area contributed by atoms with Gasteiger partial charge in [0.15, 0.2) is 6.10 Å². The summed E-state index contributed by atoms with van der Waals surface area (Å²) in [5.41, 5.74) is 3.35. The molecule has 5 N–H and O–H groups in total. The lowest BCUT2D eigenvalue weighted by molar-refractivity contribution is -0.148. The van der Waals surface area contributed by atoms with E-state index in [1.807, 2.05) is 17.7 Å². The Kier molecular flexibility index (Phi) is 10.8. The summed E-state index contributed by atoms with van der Waals surface area (Å²) in [6, 6.07) is 22.7. The summed E-state index contributed by atoms with van der Waals surface area (Å²) >= 11 is 0. The molecule has 0 aliphatic rings. The van der Waals surface area contributed by atoms with E-state index in [1.54, 1.807) is 71.4 Å². The van der Waals surface area contributed by atoms with Crippen molar-refractivity contribution in [2.75, 3.05) is 6.61 Å². The first-order valence-corrected chi connectivity index (χ1v) is 15.7. The zero-order chi connectivity index (χ0) is 32.6. The number of carbonyl (C=O) groups is 3. The molecule has 2 amide bonds. The van der Waals surface area contributed by atoms with E-state index in [-0.39, 0.29) is 17.0 Å². The molecular weight excluding hydrogens is 600 g/mol. The molecule has 0 aliphatic carbocycles. The van der Waals surface area contributed by atoms with Gasteiger partial charge in [-0.1, -0.05) is 86.1 Å². The van der Waals surface area contributed by atoms with Gasteiger partial charge in [-0.25, -0.2) is 17.9 Å². The van der Waals surface area contributed by atoms with Crippen LogP contribution < -0.4 is 10.0 Å². The van der Waals surface area contributed by atoms with Crippen LogP contribution in [0, 0.1) is 0 Å². The lowest BCUT2D eigenvalue weighted by Crippen LogP contribution is -2.48. The van der Waals surface area contributed by atoms with Crippen LogP contribution >= 0.6 is 0 Å². The highest BCUT2D eigenvalue weighted by Crippen LogP contribution is 2.28. The number of rotatable bonds is 14.